The molecule has 0 atom stereocenters. The second-order valence-corrected chi connectivity index (χ2v) is 5.47. The van der Waals surface area contributed by atoms with E-state index in [-0.39, 0.29) is 0 Å². The lowest BCUT2D eigenvalue weighted by Crippen LogP contribution is -1.91. The van der Waals surface area contributed by atoms with E-state index < -0.39 is 0 Å². The molecule has 0 spiro atoms. The van der Waals surface area contributed by atoms with Crippen molar-refractivity contribution < 1.29 is 0 Å². The monoisotopic (exact) mass is 311 g/mol. The van der Waals surface area contributed by atoms with Gasteiger partial charge in [0.05, 0.1) is 10.0 Å². The van der Waals surface area contributed by atoms with E-state index in [1.807, 2.05) is 12.1 Å². The van der Waals surface area contributed by atoms with Crippen molar-refractivity contribution >= 4 is 51.9 Å². The third-order valence-electron chi connectivity index (χ3n) is 2.42. The summed E-state index contributed by atoms with van der Waals surface area (Å²) < 4.78 is 0. The molecule has 0 saturated heterocycles. The normalized spacial score (nSPS) is 11.1. The molecule has 1 aromatic carbocycles. The molecule has 0 aliphatic carbocycles. The van der Waals surface area contributed by atoms with Crippen molar-refractivity contribution in [2.24, 2.45) is 0 Å². The third-order valence-corrected chi connectivity index (χ3v) is 4.30. The fourth-order valence-corrected chi connectivity index (χ4v) is 2.85. The van der Waals surface area contributed by atoms with Crippen molar-refractivity contribution in [3.63, 3.8) is 0 Å². The summed E-state index contributed by atoms with van der Waals surface area (Å²) in [6.45, 7) is 0. The highest BCUT2D eigenvalue weighted by Crippen LogP contribution is 2.36. The van der Waals surface area contributed by atoms with Crippen LogP contribution in [0.2, 0.25) is 10.0 Å². The Morgan fingerprint density at radius 1 is 1.21 bits per heavy atom. The number of fused-ring (bicyclic) bond motifs is 1. The number of aromatic nitrogens is 4. The molecule has 2 heterocycles. The summed E-state index contributed by atoms with van der Waals surface area (Å²) >= 11 is 13.4. The van der Waals surface area contributed by atoms with Crippen LogP contribution in [0.3, 0.4) is 0 Å². The second kappa shape index (κ2) is 4.88. The van der Waals surface area contributed by atoms with Crippen LogP contribution in [0.4, 0.5) is 5.82 Å². The number of nitrogens with zero attached hydrogens (tertiary/aromatic N) is 3. The number of hydrogen-bond donors (Lipinski definition) is 2. The number of hydrogen-bond acceptors (Lipinski definition) is 5. The van der Waals surface area contributed by atoms with E-state index in [0.29, 0.717) is 32.2 Å². The van der Waals surface area contributed by atoms with Crippen LogP contribution in [-0.2, 0) is 0 Å². The number of imidazole rings is 1. The molecule has 8 heteroatoms. The maximum atomic E-state index is 6.13. The van der Waals surface area contributed by atoms with Crippen LogP contribution in [0.5, 0.6) is 0 Å². The minimum Gasteiger partial charge on any atom is -0.382 e. The number of nitrogens with one attached hydrogen (secondary N) is 1. The van der Waals surface area contributed by atoms with E-state index in [2.05, 4.69) is 19.9 Å². The van der Waals surface area contributed by atoms with Gasteiger partial charge in [0.25, 0.3) is 0 Å². The highest BCUT2D eigenvalue weighted by molar-refractivity contribution is 7.99. The topological polar surface area (TPSA) is 80.5 Å². The minimum atomic E-state index is 0.363. The van der Waals surface area contributed by atoms with Gasteiger partial charge in [-0.2, -0.15) is 0 Å². The van der Waals surface area contributed by atoms with Gasteiger partial charge in [-0.25, -0.2) is 15.0 Å². The zero-order valence-corrected chi connectivity index (χ0v) is 11.7. The molecule has 19 heavy (non-hydrogen) atoms. The smallest absolute Gasteiger partial charge is 0.183 e. The maximum Gasteiger partial charge on any atom is 0.183 e. The summed E-state index contributed by atoms with van der Waals surface area (Å²) in [5.74, 6) is 0.363. The molecule has 0 amide bonds. The summed E-state index contributed by atoms with van der Waals surface area (Å²) in [5.41, 5.74) is 6.87. The van der Waals surface area contributed by atoms with Crippen LogP contribution >= 0.6 is 35.0 Å². The van der Waals surface area contributed by atoms with Crippen molar-refractivity contribution in [3.8, 4) is 0 Å². The number of aromatic amines is 1. The Bertz CT molecular complexity index is 758. The van der Waals surface area contributed by atoms with Crippen molar-refractivity contribution in [1.29, 1.82) is 0 Å². The molecule has 2 aromatic heterocycles. The summed E-state index contributed by atoms with van der Waals surface area (Å²) in [5, 5.41) is 1.63. The van der Waals surface area contributed by atoms with Crippen LogP contribution in [0.15, 0.2) is 34.6 Å². The van der Waals surface area contributed by atoms with Crippen LogP contribution in [0, 0.1) is 0 Å². The Balaban J connectivity index is 2.02. The molecule has 5 nitrogen and oxygen atoms in total. The number of halogens is 2. The van der Waals surface area contributed by atoms with E-state index in [1.54, 1.807) is 6.07 Å². The molecule has 3 rings (SSSR count). The average molecular weight is 312 g/mol. The van der Waals surface area contributed by atoms with Crippen LogP contribution in [-0.4, -0.2) is 19.9 Å². The standard InChI is InChI=1S/C11H7Cl2N5S/c12-5-2-1-3-6(7(5)13)19-11-17-8-9(14)15-4-16-10(8)18-11/h1-4H,(H3,14,15,16,17,18). The van der Waals surface area contributed by atoms with Gasteiger partial charge in [-0.15, -0.1) is 0 Å². The molecule has 0 bridgehead atoms. The molecular weight excluding hydrogens is 305 g/mol. The molecule has 96 valence electrons. The number of nitrogen functional groups attached to an aromatic ring is 1. The molecule has 0 unspecified atom stereocenters. The SMILES string of the molecule is Nc1ncnc2nc(Sc3cccc(Cl)c3Cl)[nH]c12. The Kier molecular flexibility index (Phi) is 3.22. The van der Waals surface area contributed by atoms with Gasteiger partial charge in [0.15, 0.2) is 16.6 Å². The lowest BCUT2D eigenvalue weighted by Gasteiger charge is -2.02. The number of benzene rings is 1. The molecule has 3 N–H and O–H groups in total. The molecule has 0 fully saturated rings. The Labute approximate surface area is 122 Å². The van der Waals surface area contributed by atoms with Crippen LogP contribution in [0.1, 0.15) is 0 Å². The summed E-state index contributed by atoms with van der Waals surface area (Å²) in [6, 6.07) is 5.42. The van der Waals surface area contributed by atoms with Crippen molar-refractivity contribution in [1.82, 2.24) is 19.9 Å². The summed E-state index contributed by atoms with van der Waals surface area (Å²) in [4.78, 5) is 16.1. The van der Waals surface area contributed by atoms with E-state index in [4.69, 9.17) is 28.9 Å². The zero-order valence-electron chi connectivity index (χ0n) is 9.39. The molecule has 0 saturated carbocycles. The highest BCUT2D eigenvalue weighted by atomic mass is 35.5. The molecule has 0 radical (unpaired) electrons. The lowest BCUT2D eigenvalue weighted by molar-refractivity contribution is 1.07. The van der Waals surface area contributed by atoms with Crippen LogP contribution < -0.4 is 5.73 Å². The van der Waals surface area contributed by atoms with Gasteiger partial charge in [-0.05, 0) is 12.1 Å². The van der Waals surface area contributed by atoms with Crippen LogP contribution in [0.25, 0.3) is 11.2 Å². The highest BCUT2D eigenvalue weighted by Gasteiger charge is 2.11. The molecule has 0 aliphatic rings. The van der Waals surface area contributed by atoms with E-state index in [0.717, 1.165) is 4.90 Å². The van der Waals surface area contributed by atoms with Gasteiger partial charge in [0, 0.05) is 4.90 Å². The predicted molar refractivity (Wildman–Crippen MR) is 76.7 cm³/mol. The van der Waals surface area contributed by atoms with Crippen molar-refractivity contribution in [2.45, 2.75) is 10.1 Å². The maximum absolute atomic E-state index is 6.13. The third kappa shape index (κ3) is 2.34. The Morgan fingerprint density at radius 2 is 2.05 bits per heavy atom. The fourth-order valence-electron chi connectivity index (χ4n) is 1.54. The van der Waals surface area contributed by atoms with Gasteiger partial charge < -0.3 is 10.7 Å². The largest absolute Gasteiger partial charge is 0.382 e. The summed E-state index contributed by atoms with van der Waals surface area (Å²) in [7, 11) is 0. The first-order chi connectivity index (χ1) is 9.15. The lowest BCUT2D eigenvalue weighted by atomic mass is 10.4. The average Bonchev–Trinajstić information content (AvgIpc) is 2.79. The number of rotatable bonds is 2. The van der Waals surface area contributed by atoms with E-state index in [1.165, 1.54) is 18.1 Å². The van der Waals surface area contributed by atoms with Crippen molar-refractivity contribution in [3.05, 3.63) is 34.6 Å². The zero-order chi connectivity index (χ0) is 13.4. The molecule has 0 aliphatic heterocycles. The Morgan fingerprint density at radius 3 is 2.84 bits per heavy atom. The quantitative estimate of drug-likeness (QED) is 0.758. The predicted octanol–water partition coefficient (Wildman–Crippen LogP) is 3.39. The minimum absolute atomic E-state index is 0.363. The van der Waals surface area contributed by atoms with E-state index in [9.17, 15) is 0 Å². The first kappa shape index (κ1) is 12.5. The molecule has 3 aromatic rings. The first-order valence-electron chi connectivity index (χ1n) is 5.23. The van der Waals surface area contributed by atoms with Gasteiger partial charge >= 0.3 is 0 Å². The number of H-pyrrole nitrogens is 1. The second-order valence-electron chi connectivity index (χ2n) is 3.65. The van der Waals surface area contributed by atoms with Gasteiger partial charge in [-0.3, -0.25) is 0 Å². The number of anilines is 1. The Hall–Kier alpha value is -1.50. The van der Waals surface area contributed by atoms with Gasteiger partial charge in [0.2, 0.25) is 0 Å². The van der Waals surface area contributed by atoms with Crippen molar-refractivity contribution in [2.75, 3.05) is 5.73 Å². The number of nitrogens with two attached hydrogens (primary N) is 1. The first-order valence-corrected chi connectivity index (χ1v) is 6.80. The molecular formula is C11H7Cl2N5S. The van der Waals surface area contributed by atoms with Gasteiger partial charge in [-0.1, -0.05) is 41.0 Å². The fraction of sp³-hybridized carbons (Fsp3) is 0. The van der Waals surface area contributed by atoms with E-state index >= 15 is 0 Å². The summed E-state index contributed by atoms with van der Waals surface area (Å²) in [6.07, 6.45) is 1.37. The van der Waals surface area contributed by atoms with Gasteiger partial charge in [0.1, 0.15) is 11.8 Å².